The van der Waals surface area contributed by atoms with Crippen LogP contribution in [-0.4, -0.2) is 36.2 Å². The standard InChI is InChI=1S/C9H16N2O2/c12-5-8-3-7(4-10-8)11-9(13)6-1-2-6/h6-8,10,12H,1-5H2,(H,11,13)/t7-,8-/m0/s1. The average Bonchev–Trinajstić information content (AvgIpc) is 2.88. The maximum Gasteiger partial charge on any atom is 0.223 e. The van der Waals surface area contributed by atoms with Crippen molar-refractivity contribution in [2.45, 2.75) is 31.3 Å². The van der Waals surface area contributed by atoms with E-state index in [1.807, 2.05) is 0 Å². The van der Waals surface area contributed by atoms with Gasteiger partial charge in [-0.2, -0.15) is 0 Å². The van der Waals surface area contributed by atoms with E-state index < -0.39 is 0 Å². The first-order chi connectivity index (χ1) is 6.29. The van der Waals surface area contributed by atoms with Crippen LogP contribution in [0.1, 0.15) is 19.3 Å². The highest BCUT2D eigenvalue weighted by atomic mass is 16.3. The van der Waals surface area contributed by atoms with E-state index in [0.29, 0.717) is 0 Å². The molecule has 4 heteroatoms. The summed E-state index contributed by atoms with van der Waals surface area (Å²) in [5.74, 6) is 0.485. The highest BCUT2D eigenvalue weighted by molar-refractivity contribution is 5.81. The number of hydrogen-bond donors (Lipinski definition) is 3. The zero-order chi connectivity index (χ0) is 9.26. The van der Waals surface area contributed by atoms with Gasteiger partial charge in [0, 0.05) is 24.5 Å². The molecule has 0 aromatic heterocycles. The van der Waals surface area contributed by atoms with Crippen molar-refractivity contribution in [1.82, 2.24) is 10.6 Å². The second kappa shape index (κ2) is 3.64. The lowest BCUT2D eigenvalue weighted by Crippen LogP contribution is -2.37. The third kappa shape index (κ3) is 2.19. The summed E-state index contributed by atoms with van der Waals surface area (Å²) in [6.45, 7) is 0.958. The molecule has 0 unspecified atom stereocenters. The first-order valence-corrected chi connectivity index (χ1v) is 4.94. The van der Waals surface area contributed by atoms with Crippen LogP contribution in [0.15, 0.2) is 0 Å². The smallest absolute Gasteiger partial charge is 0.223 e. The van der Waals surface area contributed by atoms with Gasteiger partial charge in [-0.25, -0.2) is 0 Å². The summed E-state index contributed by atoms with van der Waals surface area (Å²) in [5, 5.41) is 15.0. The Balaban J connectivity index is 1.73. The molecule has 0 aromatic carbocycles. The van der Waals surface area contributed by atoms with Crippen LogP contribution in [0.25, 0.3) is 0 Å². The lowest BCUT2D eigenvalue weighted by atomic mass is 10.2. The number of rotatable bonds is 3. The van der Waals surface area contributed by atoms with Crippen LogP contribution in [0.4, 0.5) is 0 Å². The molecule has 1 aliphatic heterocycles. The van der Waals surface area contributed by atoms with Crippen LogP contribution in [0.5, 0.6) is 0 Å². The number of amides is 1. The van der Waals surface area contributed by atoms with Crippen molar-refractivity contribution in [2.75, 3.05) is 13.2 Å². The fourth-order valence-corrected chi connectivity index (χ4v) is 1.73. The van der Waals surface area contributed by atoms with E-state index in [9.17, 15) is 4.79 Å². The molecular formula is C9H16N2O2. The lowest BCUT2D eigenvalue weighted by Gasteiger charge is -2.10. The number of nitrogens with one attached hydrogen (secondary N) is 2. The number of aliphatic hydroxyl groups excluding tert-OH is 1. The molecule has 13 heavy (non-hydrogen) atoms. The summed E-state index contributed by atoms with van der Waals surface area (Å²) in [6, 6.07) is 0.398. The largest absolute Gasteiger partial charge is 0.395 e. The van der Waals surface area contributed by atoms with E-state index in [1.165, 1.54) is 0 Å². The van der Waals surface area contributed by atoms with Gasteiger partial charge in [0.15, 0.2) is 0 Å². The molecule has 2 fully saturated rings. The zero-order valence-electron chi connectivity index (χ0n) is 7.62. The van der Waals surface area contributed by atoms with Gasteiger partial charge >= 0.3 is 0 Å². The highest BCUT2D eigenvalue weighted by Gasteiger charge is 2.32. The summed E-state index contributed by atoms with van der Waals surface area (Å²) < 4.78 is 0. The summed E-state index contributed by atoms with van der Waals surface area (Å²) in [6.07, 6.45) is 2.96. The Morgan fingerprint density at radius 2 is 2.31 bits per heavy atom. The molecule has 0 bridgehead atoms. The van der Waals surface area contributed by atoms with Crippen molar-refractivity contribution in [3.63, 3.8) is 0 Å². The minimum Gasteiger partial charge on any atom is -0.395 e. The molecule has 4 nitrogen and oxygen atoms in total. The van der Waals surface area contributed by atoms with Crippen molar-refractivity contribution in [1.29, 1.82) is 0 Å². The Labute approximate surface area is 77.7 Å². The molecule has 74 valence electrons. The third-order valence-electron chi connectivity index (χ3n) is 2.74. The molecule has 2 aliphatic rings. The van der Waals surface area contributed by atoms with Gasteiger partial charge in [-0.15, -0.1) is 0 Å². The minimum absolute atomic E-state index is 0.162. The number of aliphatic hydroxyl groups is 1. The summed E-state index contributed by atoms with van der Waals surface area (Å²) >= 11 is 0. The van der Waals surface area contributed by atoms with Crippen molar-refractivity contribution in [3.8, 4) is 0 Å². The fraction of sp³-hybridized carbons (Fsp3) is 0.889. The van der Waals surface area contributed by atoms with E-state index in [-0.39, 0.29) is 30.5 Å². The lowest BCUT2D eigenvalue weighted by molar-refractivity contribution is -0.122. The summed E-state index contributed by atoms with van der Waals surface area (Å²) in [5.41, 5.74) is 0. The van der Waals surface area contributed by atoms with Gasteiger partial charge in [-0.05, 0) is 19.3 Å². The van der Waals surface area contributed by atoms with E-state index in [0.717, 1.165) is 25.8 Å². The maximum absolute atomic E-state index is 11.4. The molecule has 1 amide bonds. The SMILES string of the molecule is O=C(N[C@@H]1CN[C@H](CO)C1)C1CC1. The second-order valence-electron chi connectivity index (χ2n) is 4.00. The molecule has 1 heterocycles. The van der Waals surface area contributed by atoms with Crippen molar-refractivity contribution < 1.29 is 9.90 Å². The predicted octanol–water partition coefficient (Wildman–Crippen LogP) is -0.765. The molecule has 2 rings (SSSR count). The van der Waals surface area contributed by atoms with Gasteiger partial charge in [0.2, 0.25) is 5.91 Å². The third-order valence-corrected chi connectivity index (χ3v) is 2.74. The Bertz CT molecular complexity index is 204. The summed E-state index contributed by atoms with van der Waals surface area (Å²) in [4.78, 5) is 11.4. The van der Waals surface area contributed by atoms with Crippen LogP contribution in [-0.2, 0) is 4.79 Å². The topological polar surface area (TPSA) is 61.4 Å². The van der Waals surface area contributed by atoms with Crippen LogP contribution >= 0.6 is 0 Å². The van der Waals surface area contributed by atoms with E-state index in [4.69, 9.17) is 5.11 Å². The maximum atomic E-state index is 11.4. The zero-order valence-corrected chi connectivity index (χ0v) is 7.62. The number of hydrogen-bond acceptors (Lipinski definition) is 3. The van der Waals surface area contributed by atoms with Crippen LogP contribution in [0, 0.1) is 5.92 Å². The molecule has 0 aromatic rings. The quantitative estimate of drug-likeness (QED) is 0.540. The Morgan fingerprint density at radius 1 is 1.54 bits per heavy atom. The predicted molar refractivity (Wildman–Crippen MR) is 48.1 cm³/mol. The van der Waals surface area contributed by atoms with E-state index >= 15 is 0 Å². The monoisotopic (exact) mass is 184 g/mol. The van der Waals surface area contributed by atoms with E-state index in [2.05, 4.69) is 10.6 Å². The first kappa shape index (κ1) is 8.97. The van der Waals surface area contributed by atoms with Crippen molar-refractivity contribution >= 4 is 5.91 Å². The molecule has 1 aliphatic carbocycles. The average molecular weight is 184 g/mol. The number of carbonyl (C=O) groups excluding carboxylic acids is 1. The normalized spacial score (nSPS) is 33.3. The van der Waals surface area contributed by atoms with Gasteiger partial charge in [0.1, 0.15) is 0 Å². The van der Waals surface area contributed by atoms with Crippen molar-refractivity contribution in [3.05, 3.63) is 0 Å². The highest BCUT2D eigenvalue weighted by Crippen LogP contribution is 2.29. The molecule has 3 N–H and O–H groups in total. The van der Waals surface area contributed by atoms with Gasteiger partial charge < -0.3 is 15.7 Å². The molecule has 2 atom stereocenters. The molecule has 0 radical (unpaired) electrons. The second-order valence-corrected chi connectivity index (χ2v) is 4.00. The number of carbonyl (C=O) groups is 1. The Kier molecular flexibility index (Phi) is 2.51. The van der Waals surface area contributed by atoms with Crippen LogP contribution < -0.4 is 10.6 Å². The van der Waals surface area contributed by atoms with Gasteiger partial charge in [0.05, 0.1) is 6.61 Å². The molecular weight excluding hydrogens is 168 g/mol. The summed E-state index contributed by atoms with van der Waals surface area (Å²) in [7, 11) is 0. The van der Waals surface area contributed by atoms with Crippen LogP contribution in [0.3, 0.4) is 0 Å². The Hall–Kier alpha value is -0.610. The van der Waals surface area contributed by atoms with Crippen molar-refractivity contribution in [2.24, 2.45) is 5.92 Å². The molecule has 1 saturated carbocycles. The fourth-order valence-electron chi connectivity index (χ4n) is 1.73. The first-order valence-electron chi connectivity index (χ1n) is 4.94. The Morgan fingerprint density at radius 3 is 2.85 bits per heavy atom. The molecule has 0 spiro atoms. The van der Waals surface area contributed by atoms with E-state index in [1.54, 1.807) is 0 Å². The minimum atomic E-state index is 0.162. The van der Waals surface area contributed by atoms with Gasteiger partial charge in [-0.3, -0.25) is 4.79 Å². The van der Waals surface area contributed by atoms with Crippen LogP contribution in [0.2, 0.25) is 0 Å². The van der Waals surface area contributed by atoms with Gasteiger partial charge in [0.25, 0.3) is 0 Å². The van der Waals surface area contributed by atoms with Gasteiger partial charge in [-0.1, -0.05) is 0 Å². The molecule has 1 saturated heterocycles.